The topological polar surface area (TPSA) is 83.0 Å². The first-order valence-corrected chi connectivity index (χ1v) is 9.46. The minimum absolute atomic E-state index is 0. The number of carbonyl (C=O) groups is 2. The van der Waals surface area contributed by atoms with Crippen LogP contribution in [-0.2, 0) is 14.3 Å². The molecule has 2 rings (SSSR count). The number of rotatable bonds is 7. The van der Waals surface area contributed by atoms with Crippen LogP contribution < -0.4 is 10.6 Å². The summed E-state index contributed by atoms with van der Waals surface area (Å²) in [7, 11) is 3.16. The third kappa shape index (κ3) is 7.28. The fourth-order valence-corrected chi connectivity index (χ4v) is 3.60. The van der Waals surface area contributed by atoms with Gasteiger partial charge >= 0.3 is 5.97 Å². The smallest absolute Gasteiger partial charge is 0.305 e. The van der Waals surface area contributed by atoms with Crippen molar-refractivity contribution in [3.8, 4) is 0 Å². The Kier molecular flexibility index (Phi) is 10.9. The number of unbranched alkanes of at least 4 members (excludes halogenated alkanes) is 1. The summed E-state index contributed by atoms with van der Waals surface area (Å²) >= 11 is 0. The number of hydrogen-bond donors (Lipinski definition) is 2. The van der Waals surface area contributed by atoms with Crippen molar-refractivity contribution in [2.75, 3.05) is 33.8 Å². The number of likely N-dealkylation sites (tertiary alicyclic amines) is 1. The second-order valence-corrected chi connectivity index (χ2v) is 6.93. The van der Waals surface area contributed by atoms with Crippen molar-refractivity contribution in [1.29, 1.82) is 0 Å². The van der Waals surface area contributed by atoms with E-state index in [0.29, 0.717) is 12.3 Å². The van der Waals surface area contributed by atoms with Crippen LogP contribution in [-0.4, -0.2) is 62.6 Å². The molecule has 26 heavy (non-hydrogen) atoms. The van der Waals surface area contributed by atoms with E-state index in [1.807, 2.05) is 4.90 Å². The molecule has 7 nitrogen and oxygen atoms in total. The molecule has 2 N–H and O–H groups in total. The molecule has 0 aromatic carbocycles. The van der Waals surface area contributed by atoms with Gasteiger partial charge in [-0.2, -0.15) is 0 Å². The fourth-order valence-electron chi connectivity index (χ4n) is 3.60. The number of guanidine groups is 1. The van der Waals surface area contributed by atoms with Crippen LogP contribution in [0, 0.1) is 5.92 Å². The number of ether oxygens (including phenoxy) is 1. The quantitative estimate of drug-likeness (QED) is 0.191. The van der Waals surface area contributed by atoms with Crippen LogP contribution in [0.15, 0.2) is 4.99 Å². The molecule has 1 aliphatic carbocycles. The van der Waals surface area contributed by atoms with Crippen molar-refractivity contribution in [3.05, 3.63) is 0 Å². The zero-order chi connectivity index (χ0) is 18.1. The molecule has 0 aromatic heterocycles. The van der Waals surface area contributed by atoms with E-state index in [1.165, 1.54) is 20.0 Å². The Bertz CT molecular complexity index is 481. The molecule has 1 aliphatic heterocycles. The van der Waals surface area contributed by atoms with Crippen LogP contribution in [0.5, 0.6) is 0 Å². The molecule has 2 aliphatic rings. The summed E-state index contributed by atoms with van der Waals surface area (Å²) in [5, 5.41) is 6.68. The summed E-state index contributed by atoms with van der Waals surface area (Å²) in [5.74, 6) is 1.19. The molecule has 0 radical (unpaired) electrons. The van der Waals surface area contributed by atoms with E-state index in [9.17, 15) is 9.59 Å². The monoisotopic (exact) mass is 480 g/mol. The van der Waals surface area contributed by atoms with Crippen molar-refractivity contribution in [3.63, 3.8) is 0 Å². The van der Waals surface area contributed by atoms with E-state index in [1.54, 1.807) is 7.05 Å². The minimum atomic E-state index is -0.166. The third-order valence-corrected chi connectivity index (χ3v) is 5.10. The van der Waals surface area contributed by atoms with Gasteiger partial charge in [0, 0.05) is 45.1 Å². The van der Waals surface area contributed by atoms with Gasteiger partial charge in [-0.15, -0.1) is 24.0 Å². The van der Waals surface area contributed by atoms with Crippen LogP contribution in [0.25, 0.3) is 0 Å². The fraction of sp³-hybridized carbons (Fsp3) is 0.833. The van der Waals surface area contributed by atoms with Gasteiger partial charge in [0.1, 0.15) is 0 Å². The lowest BCUT2D eigenvalue weighted by Crippen LogP contribution is -2.45. The van der Waals surface area contributed by atoms with Gasteiger partial charge in [0.05, 0.1) is 7.11 Å². The molecule has 0 spiro atoms. The van der Waals surface area contributed by atoms with Crippen LogP contribution in [0.3, 0.4) is 0 Å². The Morgan fingerprint density at radius 1 is 1.19 bits per heavy atom. The molecule has 0 aromatic rings. The first-order chi connectivity index (χ1) is 12.1. The number of hydrogen-bond acceptors (Lipinski definition) is 4. The molecule has 1 atom stereocenters. The molecule has 1 unspecified atom stereocenters. The number of amides is 1. The maximum atomic E-state index is 12.5. The number of methoxy groups -OCH3 is 1. The molecule has 1 saturated carbocycles. The van der Waals surface area contributed by atoms with Gasteiger partial charge in [-0.25, -0.2) is 0 Å². The van der Waals surface area contributed by atoms with Crippen LogP contribution in [0.2, 0.25) is 0 Å². The van der Waals surface area contributed by atoms with E-state index in [2.05, 4.69) is 20.4 Å². The molecule has 1 saturated heterocycles. The molecule has 2 fully saturated rings. The van der Waals surface area contributed by atoms with Gasteiger partial charge in [-0.3, -0.25) is 14.6 Å². The zero-order valence-corrected chi connectivity index (χ0v) is 18.3. The first-order valence-electron chi connectivity index (χ1n) is 9.46. The predicted octanol–water partition coefficient (Wildman–Crippen LogP) is 1.90. The highest BCUT2D eigenvalue weighted by atomic mass is 127. The van der Waals surface area contributed by atoms with Crippen LogP contribution >= 0.6 is 24.0 Å². The molecule has 0 bridgehead atoms. The average Bonchev–Trinajstić information content (AvgIpc) is 3.31. The number of halogens is 1. The lowest BCUT2D eigenvalue weighted by Gasteiger charge is -2.21. The standard InChI is InChI=1S/C18H32N4O3.HI/c1-19-18(20-11-6-5-9-16(23)25-2)21-15-10-12-22(13-15)17(24)14-7-3-4-8-14;/h14-15H,3-13H2,1-2H3,(H2,19,20,21);1H. The van der Waals surface area contributed by atoms with E-state index >= 15 is 0 Å². The van der Waals surface area contributed by atoms with Gasteiger partial charge < -0.3 is 20.3 Å². The lowest BCUT2D eigenvalue weighted by atomic mass is 10.1. The van der Waals surface area contributed by atoms with Crippen molar-refractivity contribution < 1.29 is 14.3 Å². The number of carbonyl (C=O) groups excluding carboxylic acids is 2. The summed E-state index contributed by atoms with van der Waals surface area (Å²) in [4.78, 5) is 29.8. The third-order valence-electron chi connectivity index (χ3n) is 5.10. The van der Waals surface area contributed by atoms with E-state index < -0.39 is 0 Å². The second kappa shape index (κ2) is 12.3. The molecular weight excluding hydrogens is 447 g/mol. The van der Waals surface area contributed by atoms with Gasteiger partial charge in [-0.1, -0.05) is 12.8 Å². The van der Waals surface area contributed by atoms with Gasteiger partial charge in [0.2, 0.25) is 5.91 Å². The highest BCUT2D eigenvalue weighted by molar-refractivity contribution is 14.0. The Morgan fingerprint density at radius 3 is 2.58 bits per heavy atom. The predicted molar refractivity (Wildman–Crippen MR) is 113 cm³/mol. The molecule has 1 heterocycles. The van der Waals surface area contributed by atoms with Crippen LogP contribution in [0.4, 0.5) is 0 Å². The van der Waals surface area contributed by atoms with Gasteiger partial charge in [0.15, 0.2) is 5.96 Å². The summed E-state index contributed by atoms with van der Waals surface area (Å²) in [6.45, 7) is 2.36. The maximum absolute atomic E-state index is 12.5. The number of nitrogens with zero attached hydrogens (tertiary/aromatic N) is 2. The maximum Gasteiger partial charge on any atom is 0.305 e. The number of esters is 1. The summed E-state index contributed by atoms with van der Waals surface area (Å²) in [6, 6.07) is 0.256. The average molecular weight is 480 g/mol. The lowest BCUT2D eigenvalue weighted by molar-refractivity contribution is -0.140. The highest BCUT2D eigenvalue weighted by Crippen LogP contribution is 2.27. The van der Waals surface area contributed by atoms with E-state index in [0.717, 1.165) is 57.7 Å². The van der Waals surface area contributed by atoms with Gasteiger partial charge in [-0.05, 0) is 32.1 Å². The van der Waals surface area contributed by atoms with Gasteiger partial charge in [0.25, 0.3) is 0 Å². The Labute approximate surface area is 173 Å². The molecule has 8 heteroatoms. The number of aliphatic imine (C=N–C) groups is 1. The zero-order valence-electron chi connectivity index (χ0n) is 16.0. The summed E-state index contributed by atoms with van der Waals surface area (Å²) < 4.78 is 4.63. The van der Waals surface area contributed by atoms with E-state index in [4.69, 9.17) is 0 Å². The second-order valence-electron chi connectivity index (χ2n) is 6.93. The van der Waals surface area contributed by atoms with Crippen molar-refractivity contribution in [2.45, 2.75) is 57.4 Å². The Morgan fingerprint density at radius 2 is 1.92 bits per heavy atom. The normalized spacial score (nSPS) is 20.6. The highest BCUT2D eigenvalue weighted by Gasteiger charge is 2.32. The van der Waals surface area contributed by atoms with Crippen molar-refractivity contribution in [1.82, 2.24) is 15.5 Å². The molecule has 1 amide bonds. The van der Waals surface area contributed by atoms with Crippen LogP contribution in [0.1, 0.15) is 51.4 Å². The molecular formula is C18H33IN4O3. The SMILES string of the molecule is CN=C(NCCCCC(=O)OC)NC1CCN(C(=O)C2CCCC2)C1.I. The molecule has 150 valence electrons. The minimum Gasteiger partial charge on any atom is -0.469 e. The summed E-state index contributed by atoms with van der Waals surface area (Å²) in [6.07, 6.45) is 7.59. The van der Waals surface area contributed by atoms with Crippen molar-refractivity contribution >= 4 is 41.8 Å². The summed E-state index contributed by atoms with van der Waals surface area (Å²) in [5.41, 5.74) is 0. The first kappa shape index (κ1) is 23.0. The van der Waals surface area contributed by atoms with Crippen molar-refractivity contribution in [2.24, 2.45) is 10.9 Å². The Hall–Kier alpha value is -1.06. The largest absolute Gasteiger partial charge is 0.469 e. The van der Waals surface area contributed by atoms with E-state index in [-0.39, 0.29) is 41.9 Å². The number of nitrogens with one attached hydrogen (secondary N) is 2. The Balaban J connectivity index is 0.00000338.